The molecule has 0 aromatic heterocycles. The summed E-state index contributed by atoms with van der Waals surface area (Å²) in [4.78, 5) is 41.2. The molecule has 0 bridgehead atoms. The van der Waals surface area contributed by atoms with Crippen LogP contribution in [0.1, 0.15) is 110 Å². The van der Waals surface area contributed by atoms with Gasteiger partial charge in [0.2, 0.25) is 11.8 Å². The molecule has 1 aromatic carbocycles. The van der Waals surface area contributed by atoms with Crippen molar-refractivity contribution in [2.24, 2.45) is 0 Å². The first-order chi connectivity index (χ1) is 16.8. The number of nitrogens with one attached hydrogen (secondary N) is 2. The summed E-state index contributed by atoms with van der Waals surface area (Å²) in [5, 5.41) is 5.65. The average Bonchev–Trinajstić information content (AvgIpc) is 2.75. The average molecular weight is 504 g/mol. The van der Waals surface area contributed by atoms with E-state index in [0.29, 0.717) is 6.54 Å². The van der Waals surface area contributed by atoms with E-state index in [1.807, 2.05) is 45.9 Å². The maximum Gasteiger partial charge on any atom is 0.408 e. The number of carbonyl (C=O) groups excluding carboxylic acids is 3. The molecule has 0 aliphatic heterocycles. The molecule has 1 rings (SSSR count). The van der Waals surface area contributed by atoms with E-state index < -0.39 is 23.8 Å². The zero-order valence-corrected chi connectivity index (χ0v) is 24.0. The number of hydrogen-bond acceptors (Lipinski definition) is 4. The van der Waals surface area contributed by atoms with E-state index in [4.69, 9.17) is 4.74 Å². The number of unbranched alkanes of at least 4 members (excludes halogenated alkanes) is 5. The molecule has 3 amide bonds. The van der Waals surface area contributed by atoms with Crippen LogP contribution in [0.15, 0.2) is 18.2 Å². The van der Waals surface area contributed by atoms with Gasteiger partial charge in [0.05, 0.1) is 0 Å². The molecule has 0 fully saturated rings. The van der Waals surface area contributed by atoms with Crippen LogP contribution in [0.4, 0.5) is 4.79 Å². The molecule has 0 saturated heterocycles. The molecule has 0 heterocycles. The van der Waals surface area contributed by atoms with Gasteiger partial charge in [0.15, 0.2) is 0 Å². The largest absolute Gasteiger partial charge is 0.444 e. The van der Waals surface area contributed by atoms with Crippen LogP contribution in [-0.4, -0.2) is 47.0 Å². The smallest absolute Gasteiger partial charge is 0.408 e. The number of nitrogens with zero attached hydrogens (tertiary/aromatic N) is 1. The Hall–Kier alpha value is -2.57. The van der Waals surface area contributed by atoms with Gasteiger partial charge in [-0.3, -0.25) is 9.59 Å². The van der Waals surface area contributed by atoms with Crippen LogP contribution in [0, 0.1) is 13.8 Å². The molecule has 0 spiro atoms. The fourth-order valence-electron chi connectivity index (χ4n) is 3.99. The molecule has 0 aliphatic carbocycles. The van der Waals surface area contributed by atoms with Gasteiger partial charge in [0.1, 0.15) is 17.7 Å². The fourth-order valence-corrected chi connectivity index (χ4v) is 3.99. The molecular weight excluding hydrogens is 454 g/mol. The van der Waals surface area contributed by atoms with Crippen LogP contribution in [0.5, 0.6) is 0 Å². The SMILES string of the molecule is CCCCCCCCN(C(=O)C(C)NC(=O)OC(C)(C)C)C(C(=O)NC(C)C)c1ccc(C)c(C)c1. The number of benzene rings is 1. The minimum Gasteiger partial charge on any atom is -0.444 e. The summed E-state index contributed by atoms with van der Waals surface area (Å²) in [7, 11) is 0. The van der Waals surface area contributed by atoms with Crippen molar-refractivity contribution < 1.29 is 19.1 Å². The van der Waals surface area contributed by atoms with Gasteiger partial charge < -0.3 is 20.3 Å². The van der Waals surface area contributed by atoms with Gasteiger partial charge in [-0.05, 0) is 78.5 Å². The van der Waals surface area contributed by atoms with E-state index in [9.17, 15) is 14.4 Å². The molecule has 2 atom stereocenters. The predicted octanol–water partition coefficient (Wildman–Crippen LogP) is 5.97. The molecule has 1 aromatic rings. The van der Waals surface area contributed by atoms with Crippen LogP contribution in [-0.2, 0) is 14.3 Å². The number of hydrogen-bond donors (Lipinski definition) is 2. The highest BCUT2D eigenvalue weighted by Gasteiger charge is 2.34. The molecule has 0 saturated carbocycles. The molecule has 0 radical (unpaired) electrons. The van der Waals surface area contributed by atoms with Gasteiger partial charge in [-0.2, -0.15) is 0 Å². The minimum absolute atomic E-state index is 0.0742. The number of rotatable bonds is 13. The first-order valence-corrected chi connectivity index (χ1v) is 13.4. The number of ether oxygens (including phenoxy) is 1. The summed E-state index contributed by atoms with van der Waals surface area (Å²) < 4.78 is 5.35. The summed E-state index contributed by atoms with van der Waals surface area (Å²) in [5.41, 5.74) is 2.27. The number of aryl methyl sites for hydroxylation is 2. The van der Waals surface area contributed by atoms with Crippen LogP contribution in [0.3, 0.4) is 0 Å². The van der Waals surface area contributed by atoms with Crippen molar-refractivity contribution in [3.05, 3.63) is 34.9 Å². The van der Waals surface area contributed by atoms with Gasteiger partial charge in [-0.1, -0.05) is 57.2 Å². The van der Waals surface area contributed by atoms with E-state index in [2.05, 4.69) is 17.6 Å². The summed E-state index contributed by atoms with van der Waals surface area (Å²) in [6.07, 6.45) is 5.72. The quantitative estimate of drug-likeness (QED) is 0.325. The highest BCUT2D eigenvalue weighted by atomic mass is 16.6. The normalized spacial score (nSPS) is 13.2. The highest BCUT2D eigenvalue weighted by molar-refractivity contribution is 5.92. The summed E-state index contributed by atoms with van der Waals surface area (Å²) >= 11 is 0. The Bertz CT molecular complexity index is 861. The van der Waals surface area contributed by atoms with Crippen molar-refractivity contribution >= 4 is 17.9 Å². The van der Waals surface area contributed by atoms with E-state index in [1.54, 1.807) is 32.6 Å². The van der Waals surface area contributed by atoms with Gasteiger partial charge in [-0.25, -0.2) is 4.79 Å². The number of carbonyl (C=O) groups is 3. The second-order valence-electron chi connectivity index (χ2n) is 11.1. The molecule has 36 heavy (non-hydrogen) atoms. The molecule has 2 N–H and O–H groups in total. The summed E-state index contributed by atoms with van der Waals surface area (Å²) in [5.74, 6) is -0.534. The summed E-state index contributed by atoms with van der Waals surface area (Å²) in [6, 6.07) is 4.16. The van der Waals surface area contributed by atoms with Crippen molar-refractivity contribution in [3.8, 4) is 0 Å². The standard InChI is InChI=1S/C29H49N3O4/c1-10-11-12-13-14-15-18-32(27(34)23(6)31-28(35)36-29(7,8)9)25(26(33)30-20(2)3)24-17-16-21(4)22(5)19-24/h16-17,19-20,23,25H,10-15,18H2,1-9H3,(H,30,33)(H,31,35). The lowest BCUT2D eigenvalue weighted by Gasteiger charge is -2.34. The Morgan fingerprint density at radius 3 is 2.08 bits per heavy atom. The second-order valence-corrected chi connectivity index (χ2v) is 11.1. The van der Waals surface area contributed by atoms with Crippen LogP contribution < -0.4 is 10.6 Å². The zero-order chi connectivity index (χ0) is 27.5. The Kier molecular flexibility index (Phi) is 13.0. The van der Waals surface area contributed by atoms with Gasteiger partial charge in [0, 0.05) is 12.6 Å². The molecule has 204 valence electrons. The molecular formula is C29H49N3O4. The summed E-state index contributed by atoms with van der Waals surface area (Å²) in [6.45, 7) is 17.4. The van der Waals surface area contributed by atoms with E-state index in [-0.39, 0.29) is 17.9 Å². The number of amides is 3. The van der Waals surface area contributed by atoms with E-state index in [0.717, 1.165) is 42.4 Å². The first kappa shape index (κ1) is 31.5. The van der Waals surface area contributed by atoms with Crippen molar-refractivity contribution in [1.82, 2.24) is 15.5 Å². The topological polar surface area (TPSA) is 87.7 Å². The number of alkyl carbamates (subject to hydrolysis) is 1. The van der Waals surface area contributed by atoms with Crippen LogP contribution >= 0.6 is 0 Å². The highest BCUT2D eigenvalue weighted by Crippen LogP contribution is 2.26. The lowest BCUT2D eigenvalue weighted by molar-refractivity contribution is -0.142. The maximum absolute atomic E-state index is 13.7. The molecule has 0 aliphatic rings. The molecule has 7 heteroatoms. The third kappa shape index (κ3) is 11.0. The fraction of sp³-hybridized carbons (Fsp3) is 0.690. The predicted molar refractivity (Wildman–Crippen MR) is 146 cm³/mol. The third-order valence-electron chi connectivity index (χ3n) is 5.98. The van der Waals surface area contributed by atoms with Gasteiger partial charge in [0.25, 0.3) is 0 Å². The minimum atomic E-state index is -0.846. The van der Waals surface area contributed by atoms with Crippen LogP contribution in [0.25, 0.3) is 0 Å². The Labute approximate surface area is 218 Å². The Morgan fingerprint density at radius 2 is 1.53 bits per heavy atom. The molecule has 2 unspecified atom stereocenters. The Morgan fingerprint density at radius 1 is 0.917 bits per heavy atom. The lowest BCUT2D eigenvalue weighted by atomic mass is 9.98. The van der Waals surface area contributed by atoms with Crippen LogP contribution in [0.2, 0.25) is 0 Å². The van der Waals surface area contributed by atoms with Crippen molar-refractivity contribution in [1.29, 1.82) is 0 Å². The molecule has 7 nitrogen and oxygen atoms in total. The maximum atomic E-state index is 13.7. The Balaban J connectivity index is 3.28. The monoisotopic (exact) mass is 503 g/mol. The first-order valence-electron chi connectivity index (χ1n) is 13.4. The van der Waals surface area contributed by atoms with Gasteiger partial charge >= 0.3 is 6.09 Å². The zero-order valence-electron chi connectivity index (χ0n) is 24.0. The van der Waals surface area contributed by atoms with Crippen molar-refractivity contribution in [2.75, 3.05) is 6.54 Å². The second kappa shape index (κ2) is 14.9. The third-order valence-corrected chi connectivity index (χ3v) is 5.98. The van der Waals surface area contributed by atoms with E-state index in [1.165, 1.54) is 12.8 Å². The van der Waals surface area contributed by atoms with E-state index >= 15 is 0 Å². The van der Waals surface area contributed by atoms with Gasteiger partial charge in [-0.15, -0.1) is 0 Å². The van der Waals surface area contributed by atoms with Crippen molar-refractivity contribution in [2.45, 2.75) is 125 Å². The lowest BCUT2D eigenvalue weighted by Crippen LogP contribution is -2.52. The van der Waals surface area contributed by atoms with Crippen molar-refractivity contribution in [3.63, 3.8) is 0 Å².